The van der Waals surface area contributed by atoms with Gasteiger partial charge in [-0.25, -0.2) is 4.39 Å². The topological polar surface area (TPSA) is 77.0 Å². The van der Waals surface area contributed by atoms with E-state index < -0.39 is 24.2 Å². The van der Waals surface area contributed by atoms with Crippen molar-refractivity contribution in [3.05, 3.63) is 108 Å². The Labute approximate surface area is 173 Å². The second-order valence-electron chi connectivity index (χ2n) is 7.01. The second-order valence-corrected chi connectivity index (χ2v) is 7.01. The van der Waals surface area contributed by atoms with E-state index in [-0.39, 0.29) is 5.91 Å². The average molecular weight is 402 g/mol. The molecule has 1 heterocycles. The van der Waals surface area contributed by atoms with Gasteiger partial charge in [-0.15, -0.1) is 0 Å². The molecule has 1 aliphatic rings. The molecule has 0 bridgehead atoms. The minimum Gasteiger partial charge on any atom is -0.550 e. The van der Waals surface area contributed by atoms with Crippen molar-refractivity contribution >= 4 is 23.3 Å². The number of para-hydroxylation sites is 2. The van der Waals surface area contributed by atoms with Gasteiger partial charge in [0.05, 0.1) is 6.04 Å². The summed E-state index contributed by atoms with van der Waals surface area (Å²) < 4.78 is 13.5. The minimum atomic E-state index is -1.28. The van der Waals surface area contributed by atoms with Crippen LogP contribution < -0.4 is 15.3 Å². The molecule has 3 aromatic rings. The van der Waals surface area contributed by atoms with Crippen molar-refractivity contribution in [1.82, 2.24) is 0 Å². The largest absolute Gasteiger partial charge is 0.550 e. The zero-order valence-electron chi connectivity index (χ0n) is 16.0. The molecule has 3 aromatic carbocycles. The fourth-order valence-corrected chi connectivity index (χ4v) is 3.76. The lowest BCUT2D eigenvalue weighted by atomic mass is 9.96. The zero-order chi connectivity index (χ0) is 21.1. The van der Waals surface area contributed by atoms with E-state index in [1.807, 2.05) is 48.5 Å². The number of carboxylic acid groups (broad SMARTS) is 1. The van der Waals surface area contributed by atoms with E-state index in [2.05, 4.69) is 0 Å². The van der Waals surface area contributed by atoms with E-state index in [0.29, 0.717) is 22.5 Å². The Morgan fingerprint density at radius 1 is 0.933 bits per heavy atom. The van der Waals surface area contributed by atoms with Gasteiger partial charge in [-0.05, 0) is 42.0 Å². The molecule has 5 nitrogen and oxygen atoms in total. The maximum atomic E-state index is 13.5. The van der Waals surface area contributed by atoms with Crippen LogP contribution >= 0.6 is 0 Å². The molecule has 0 aromatic heterocycles. The number of rotatable bonds is 6. The fraction of sp³-hybridized carbons (Fsp3) is 0.0833. The number of amides is 1. The first-order chi connectivity index (χ1) is 14.5. The zero-order valence-corrected chi connectivity index (χ0v) is 16.0. The van der Waals surface area contributed by atoms with Crippen molar-refractivity contribution in [2.24, 2.45) is 0 Å². The van der Waals surface area contributed by atoms with Crippen molar-refractivity contribution in [2.45, 2.75) is 12.5 Å². The first kappa shape index (κ1) is 19.5. The number of aliphatic carboxylic acids is 1. The number of hydrogen-bond donors (Lipinski definition) is 1. The summed E-state index contributed by atoms with van der Waals surface area (Å²) >= 11 is 0. The Bertz CT molecular complexity index is 1100. The van der Waals surface area contributed by atoms with Crippen molar-refractivity contribution < 1.29 is 24.4 Å². The van der Waals surface area contributed by atoms with Crippen LogP contribution in [0, 0.1) is 5.82 Å². The lowest BCUT2D eigenvalue weighted by Gasteiger charge is -2.27. The quantitative estimate of drug-likeness (QED) is 0.642. The summed E-state index contributed by atoms with van der Waals surface area (Å²) in [6.07, 6.45) is -0.407. The molecule has 150 valence electrons. The summed E-state index contributed by atoms with van der Waals surface area (Å²) in [5, 5.41) is 13.3. The maximum Gasteiger partial charge on any atom is 0.313 e. The molecule has 1 amide bonds. The highest BCUT2D eigenvalue weighted by molar-refractivity contribution is 6.09. The third kappa shape index (κ3) is 3.86. The molecule has 30 heavy (non-hydrogen) atoms. The highest BCUT2D eigenvalue weighted by atomic mass is 19.1. The molecule has 0 fully saturated rings. The van der Waals surface area contributed by atoms with Gasteiger partial charge in [0, 0.05) is 23.7 Å². The Morgan fingerprint density at radius 3 is 2.13 bits per heavy atom. The van der Waals surface area contributed by atoms with Crippen LogP contribution in [-0.4, -0.2) is 11.9 Å². The summed E-state index contributed by atoms with van der Waals surface area (Å²) in [6.45, 7) is 0. The number of anilines is 1. The van der Waals surface area contributed by atoms with E-state index in [1.165, 1.54) is 12.1 Å². The lowest BCUT2D eigenvalue weighted by molar-refractivity contribution is -0.511. The maximum absolute atomic E-state index is 13.5. The monoisotopic (exact) mass is 402 g/mol. The summed E-state index contributed by atoms with van der Waals surface area (Å²) in [4.78, 5) is 26.6. The summed E-state index contributed by atoms with van der Waals surface area (Å²) in [7, 11) is 0. The molecule has 1 atom stereocenters. The van der Waals surface area contributed by atoms with Gasteiger partial charge in [0.15, 0.2) is 0 Å². The number of halogens is 1. The second kappa shape index (κ2) is 8.31. The van der Waals surface area contributed by atoms with E-state index in [1.54, 1.807) is 34.5 Å². The number of benzene rings is 3. The third-order valence-electron chi connectivity index (χ3n) is 5.05. The predicted molar refractivity (Wildman–Crippen MR) is 108 cm³/mol. The normalized spacial score (nSPS) is 16.2. The fourth-order valence-electron chi connectivity index (χ4n) is 3.76. The Kier molecular flexibility index (Phi) is 5.41. The molecule has 0 spiro atoms. The molecule has 4 rings (SSSR count). The van der Waals surface area contributed by atoms with Gasteiger partial charge in [-0.1, -0.05) is 48.5 Å². The summed E-state index contributed by atoms with van der Waals surface area (Å²) in [6, 6.07) is 23.3. The number of carbonyl (C=O) groups is 2. The molecule has 0 saturated heterocycles. The first-order valence-electron chi connectivity index (χ1n) is 9.51. The summed E-state index contributed by atoms with van der Waals surface area (Å²) in [5.74, 6) is -2.00. The average Bonchev–Trinajstić information content (AvgIpc) is 3.01. The van der Waals surface area contributed by atoms with Crippen LogP contribution in [0.4, 0.5) is 15.8 Å². The van der Waals surface area contributed by atoms with E-state index in [9.17, 15) is 19.1 Å². The molecule has 0 radical (unpaired) electrons. The number of carbonyl (C=O) groups excluding carboxylic acids is 2. The summed E-state index contributed by atoms with van der Waals surface area (Å²) in [5.41, 5.74) is 2.76. The Balaban J connectivity index is 1.87. The Hall–Kier alpha value is -3.77. The van der Waals surface area contributed by atoms with Crippen molar-refractivity contribution in [1.29, 1.82) is 0 Å². The molecule has 1 aliphatic heterocycles. The van der Waals surface area contributed by atoms with Gasteiger partial charge in [-0.3, -0.25) is 15.0 Å². The SMILES string of the molecule is O=C([O-])CC1=C([NH2+]c2ccccc2)C(=O)N(c2ccccc2)C1c1ccc(F)cc1. The van der Waals surface area contributed by atoms with E-state index >= 15 is 0 Å². The van der Waals surface area contributed by atoms with Gasteiger partial charge in [-0.2, -0.15) is 0 Å². The number of hydrogen-bond acceptors (Lipinski definition) is 3. The molecular weight excluding hydrogens is 383 g/mol. The number of nitrogens with zero attached hydrogens (tertiary/aromatic N) is 1. The lowest BCUT2D eigenvalue weighted by Crippen LogP contribution is -2.77. The van der Waals surface area contributed by atoms with Crippen LogP contribution in [0.15, 0.2) is 96.2 Å². The van der Waals surface area contributed by atoms with Gasteiger partial charge in [0.1, 0.15) is 11.5 Å². The predicted octanol–water partition coefficient (Wildman–Crippen LogP) is 2.20. The molecule has 0 aliphatic carbocycles. The highest BCUT2D eigenvalue weighted by Crippen LogP contribution is 2.41. The van der Waals surface area contributed by atoms with Crippen LogP contribution in [0.3, 0.4) is 0 Å². The molecule has 2 N–H and O–H groups in total. The van der Waals surface area contributed by atoms with Crippen LogP contribution in [0.2, 0.25) is 0 Å². The van der Waals surface area contributed by atoms with Gasteiger partial charge in [0.2, 0.25) is 5.70 Å². The number of quaternary nitrogens is 1. The minimum absolute atomic E-state index is 0.309. The molecule has 0 saturated carbocycles. The van der Waals surface area contributed by atoms with Crippen molar-refractivity contribution in [2.75, 3.05) is 4.90 Å². The highest BCUT2D eigenvalue weighted by Gasteiger charge is 2.43. The Morgan fingerprint density at radius 2 is 1.53 bits per heavy atom. The van der Waals surface area contributed by atoms with Gasteiger partial charge >= 0.3 is 5.91 Å². The van der Waals surface area contributed by atoms with Crippen LogP contribution in [0.5, 0.6) is 0 Å². The molecular formula is C24H19FN2O3. The van der Waals surface area contributed by atoms with Crippen molar-refractivity contribution in [3.63, 3.8) is 0 Å². The smallest absolute Gasteiger partial charge is 0.313 e. The number of carboxylic acids is 1. The van der Waals surface area contributed by atoms with Gasteiger partial charge < -0.3 is 9.90 Å². The number of nitrogens with two attached hydrogens (primary N) is 1. The van der Waals surface area contributed by atoms with Crippen molar-refractivity contribution in [3.8, 4) is 0 Å². The van der Waals surface area contributed by atoms with Gasteiger partial charge in [0.25, 0.3) is 0 Å². The third-order valence-corrected chi connectivity index (χ3v) is 5.05. The standard InChI is InChI=1S/C24H19FN2O3/c25-17-13-11-16(12-14-17)23-20(15-21(28)29)22(26-18-7-3-1-4-8-18)24(30)27(23)19-9-5-2-6-10-19/h1-14,23,26H,15H2,(H,28,29). The first-order valence-corrected chi connectivity index (χ1v) is 9.51. The van der Waals surface area contributed by atoms with E-state index in [0.717, 1.165) is 5.69 Å². The molecule has 1 unspecified atom stereocenters. The van der Waals surface area contributed by atoms with Crippen LogP contribution in [0.25, 0.3) is 0 Å². The van der Waals surface area contributed by atoms with Crippen LogP contribution in [-0.2, 0) is 9.59 Å². The van der Waals surface area contributed by atoms with Crippen LogP contribution in [0.1, 0.15) is 18.0 Å². The molecule has 6 heteroatoms. The van der Waals surface area contributed by atoms with E-state index in [4.69, 9.17) is 0 Å².